The molecule has 2 aliphatic rings. The normalized spacial score (nSPS) is 27.3. The summed E-state index contributed by atoms with van der Waals surface area (Å²) < 4.78 is 13.7. The number of hydrogen-bond acceptors (Lipinski definition) is 7. The highest BCUT2D eigenvalue weighted by Gasteiger charge is 2.43. The Bertz CT molecular complexity index is 660. The van der Waals surface area contributed by atoms with Crippen LogP contribution in [0, 0.1) is 0 Å². The van der Waals surface area contributed by atoms with Crippen molar-refractivity contribution in [2.24, 2.45) is 0 Å². The number of aliphatic hydroxyl groups excluding tert-OH is 1. The Hall–Kier alpha value is -1.29. The number of rotatable bonds is 7. The van der Waals surface area contributed by atoms with Gasteiger partial charge in [-0.3, -0.25) is 4.57 Å². The molecule has 0 unspecified atom stereocenters. The average Bonchev–Trinajstić information content (AvgIpc) is 3.27. The first kappa shape index (κ1) is 19.5. The molecule has 146 valence electrons. The number of anilines is 1. The van der Waals surface area contributed by atoms with Crippen molar-refractivity contribution in [1.82, 2.24) is 14.5 Å². The molecule has 1 saturated carbocycles. The minimum atomic E-state index is -1.83. The minimum absolute atomic E-state index is 0.0667. The van der Waals surface area contributed by atoms with E-state index in [-0.39, 0.29) is 5.95 Å². The Morgan fingerprint density at radius 3 is 2.69 bits per heavy atom. The van der Waals surface area contributed by atoms with Gasteiger partial charge in [0.1, 0.15) is 18.7 Å². The molecule has 2 heterocycles. The van der Waals surface area contributed by atoms with Crippen molar-refractivity contribution >= 4 is 14.3 Å². The van der Waals surface area contributed by atoms with Gasteiger partial charge in [-0.15, -0.1) is 0 Å². The third-order valence-corrected chi connectivity index (χ3v) is 11.3. The molecule has 0 amide bonds. The van der Waals surface area contributed by atoms with Gasteiger partial charge in [0.25, 0.3) is 0 Å². The fourth-order valence-corrected chi connectivity index (χ4v) is 8.69. The number of hydrogen-bond donors (Lipinski definition) is 2. The molecule has 1 aliphatic carbocycles. The number of aromatic nitrogens is 3. The highest BCUT2D eigenvalue weighted by molar-refractivity contribution is 6.75. The molecule has 8 nitrogen and oxygen atoms in total. The Labute approximate surface area is 154 Å². The molecule has 0 spiro atoms. The first-order valence-corrected chi connectivity index (χ1v) is 12.1. The van der Waals surface area contributed by atoms with Crippen molar-refractivity contribution in [3.8, 4) is 0 Å². The van der Waals surface area contributed by atoms with Crippen molar-refractivity contribution in [3.63, 3.8) is 0 Å². The number of nitrogens with two attached hydrogens (primary N) is 1. The number of nitrogens with zero attached hydrogens (tertiary/aromatic N) is 3. The van der Waals surface area contributed by atoms with Crippen LogP contribution in [0.4, 0.5) is 5.95 Å². The molecule has 3 rings (SSSR count). The minimum Gasteiger partial charge on any atom is -0.414 e. The topological polar surface area (TPSA) is 112 Å². The van der Waals surface area contributed by atoms with Crippen LogP contribution in [0.3, 0.4) is 0 Å². The summed E-state index contributed by atoms with van der Waals surface area (Å²) in [6.07, 6.45) is 5.08. The zero-order valence-electron chi connectivity index (χ0n) is 15.6. The van der Waals surface area contributed by atoms with Crippen molar-refractivity contribution in [3.05, 3.63) is 16.8 Å². The van der Waals surface area contributed by atoms with E-state index >= 15 is 0 Å². The highest BCUT2D eigenvalue weighted by atomic mass is 28.4. The standard InChI is InChI=1S/C17H30N4O4Si/c1-3-26(4-2,12-7-5-6-8-12)24-10-14-13(22)9-15(25-14)21-11-19-16(18)20-17(21)23/h11-15,22H,3-10H2,1-2H3,(H2,18,20,23)/t13-,14+,15+/m0/s1. The first-order valence-electron chi connectivity index (χ1n) is 9.67. The molecule has 1 aliphatic heterocycles. The molecule has 0 radical (unpaired) electrons. The summed E-state index contributed by atoms with van der Waals surface area (Å²) >= 11 is 0. The Balaban J connectivity index is 1.65. The molecule has 0 bridgehead atoms. The van der Waals surface area contributed by atoms with Gasteiger partial charge in [0, 0.05) is 6.42 Å². The molecule has 2 fully saturated rings. The summed E-state index contributed by atoms with van der Waals surface area (Å²) in [7, 11) is -1.83. The van der Waals surface area contributed by atoms with E-state index in [0.717, 1.165) is 12.1 Å². The number of nitrogen functional groups attached to an aromatic ring is 1. The maximum absolute atomic E-state index is 12.0. The van der Waals surface area contributed by atoms with E-state index in [2.05, 4.69) is 23.8 Å². The van der Waals surface area contributed by atoms with Crippen LogP contribution in [0.15, 0.2) is 11.1 Å². The van der Waals surface area contributed by atoms with Gasteiger partial charge in [0.15, 0.2) is 8.32 Å². The molecule has 26 heavy (non-hydrogen) atoms. The highest BCUT2D eigenvalue weighted by Crippen LogP contribution is 2.43. The van der Waals surface area contributed by atoms with E-state index in [1.54, 1.807) is 0 Å². The summed E-state index contributed by atoms with van der Waals surface area (Å²) in [5, 5.41) is 10.4. The van der Waals surface area contributed by atoms with E-state index in [0.29, 0.717) is 18.6 Å². The molecular weight excluding hydrogens is 352 g/mol. The lowest BCUT2D eigenvalue weighted by atomic mass is 10.2. The number of aliphatic hydroxyl groups is 1. The predicted molar refractivity (Wildman–Crippen MR) is 100 cm³/mol. The molecule has 9 heteroatoms. The van der Waals surface area contributed by atoms with Crippen LogP contribution in [0.2, 0.25) is 17.6 Å². The molecule has 3 atom stereocenters. The zero-order chi connectivity index (χ0) is 18.7. The lowest BCUT2D eigenvalue weighted by Gasteiger charge is -2.36. The van der Waals surface area contributed by atoms with Crippen molar-refractivity contribution < 1.29 is 14.3 Å². The van der Waals surface area contributed by atoms with Gasteiger partial charge in [-0.2, -0.15) is 4.98 Å². The molecule has 0 aromatic carbocycles. The Kier molecular flexibility index (Phi) is 6.11. The quantitative estimate of drug-likeness (QED) is 0.692. The second-order valence-corrected chi connectivity index (χ2v) is 12.0. The second-order valence-electron chi connectivity index (χ2n) is 7.40. The van der Waals surface area contributed by atoms with Crippen LogP contribution in [-0.2, 0) is 9.16 Å². The summed E-state index contributed by atoms with van der Waals surface area (Å²) in [4.78, 5) is 19.4. The second kappa shape index (κ2) is 8.16. The summed E-state index contributed by atoms with van der Waals surface area (Å²) in [5.74, 6) is -0.0667. The summed E-state index contributed by atoms with van der Waals surface area (Å²) in [6.45, 7) is 4.84. The van der Waals surface area contributed by atoms with Crippen LogP contribution < -0.4 is 11.4 Å². The van der Waals surface area contributed by atoms with Crippen LogP contribution in [0.1, 0.15) is 52.2 Å². The van der Waals surface area contributed by atoms with Crippen molar-refractivity contribution in [1.29, 1.82) is 0 Å². The van der Waals surface area contributed by atoms with Gasteiger partial charge < -0.3 is 20.0 Å². The fourth-order valence-electron chi connectivity index (χ4n) is 4.44. The van der Waals surface area contributed by atoms with Gasteiger partial charge in [-0.25, -0.2) is 9.78 Å². The first-order chi connectivity index (χ1) is 12.5. The Morgan fingerprint density at radius 1 is 1.38 bits per heavy atom. The molecule has 3 N–H and O–H groups in total. The summed E-state index contributed by atoms with van der Waals surface area (Å²) in [6, 6.07) is 2.18. The zero-order valence-corrected chi connectivity index (χ0v) is 16.6. The van der Waals surface area contributed by atoms with Crippen LogP contribution >= 0.6 is 0 Å². The third kappa shape index (κ3) is 3.85. The average molecular weight is 383 g/mol. The van der Waals surface area contributed by atoms with Crippen LogP contribution in [0.25, 0.3) is 0 Å². The monoisotopic (exact) mass is 382 g/mol. The lowest BCUT2D eigenvalue weighted by molar-refractivity contribution is -0.0436. The maximum Gasteiger partial charge on any atom is 0.354 e. The molecule has 1 aromatic heterocycles. The van der Waals surface area contributed by atoms with E-state index in [1.165, 1.54) is 36.6 Å². The van der Waals surface area contributed by atoms with E-state index in [1.807, 2.05) is 0 Å². The largest absolute Gasteiger partial charge is 0.414 e. The lowest BCUT2D eigenvalue weighted by Crippen LogP contribution is -2.44. The number of ether oxygens (including phenoxy) is 1. The maximum atomic E-state index is 12.0. The van der Waals surface area contributed by atoms with Gasteiger partial charge in [-0.05, 0) is 17.6 Å². The molecule has 1 saturated heterocycles. The van der Waals surface area contributed by atoms with Gasteiger partial charge >= 0.3 is 5.69 Å². The van der Waals surface area contributed by atoms with Crippen LogP contribution in [0.5, 0.6) is 0 Å². The van der Waals surface area contributed by atoms with E-state index in [4.69, 9.17) is 14.9 Å². The Morgan fingerprint density at radius 2 is 2.08 bits per heavy atom. The van der Waals surface area contributed by atoms with Crippen molar-refractivity contribution in [2.75, 3.05) is 12.3 Å². The smallest absolute Gasteiger partial charge is 0.354 e. The molecular formula is C17H30N4O4Si. The summed E-state index contributed by atoms with van der Waals surface area (Å²) in [5.41, 5.74) is 5.61. The predicted octanol–water partition coefficient (Wildman–Crippen LogP) is 1.81. The van der Waals surface area contributed by atoms with Gasteiger partial charge in [0.05, 0.1) is 12.7 Å². The fraction of sp³-hybridized carbons (Fsp3) is 0.824. The van der Waals surface area contributed by atoms with E-state index in [9.17, 15) is 9.90 Å². The van der Waals surface area contributed by atoms with Crippen LogP contribution in [-0.4, -0.2) is 46.8 Å². The molecule has 1 aromatic rings. The van der Waals surface area contributed by atoms with Gasteiger partial charge in [-0.1, -0.05) is 39.5 Å². The SMILES string of the molecule is CC[Si](CC)(OC[C@H]1O[C@@H](n2cnc(N)nc2=O)C[C@@H]1O)C1CCCC1. The van der Waals surface area contributed by atoms with Gasteiger partial charge in [0.2, 0.25) is 5.95 Å². The third-order valence-electron chi connectivity index (χ3n) is 6.09. The van der Waals surface area contributed by atoms with Crippen molar-refractivity contribution in [2.45, 2.75) is 82.0 Å². The van der Waals surface area contributed by atoms with E-state index < -0.39 is 32.4 Å².